The third kappa shape index (κ3) is 4.93. The molecule has 1 atom stereocenters. The number of rotatable bonds is 8. The molecule has 2 rings (SSSR count). The molecule has 8 nitrogen and oxygen atoms in total. The molecule has 0 saturated heterocycles. The number of hydrogen-bond donors (Lipinski definition) is 1. The van der Waals surface area contributed by atoms with Crippen molar-refractivity contribution in [1.29, 1.82) is 0 Å². The lowest BCUT2D eigenvalue weighted by molar-refractivity contribution is -0.118. The van der Waals surface area contributed by atoms with Crippen molar-refractivity contribution in [1.82, 2.24) is 4.31 Å². The van der Waals surface area contributed by atoms with Crippen LogP contribution < -0.4 is 14.8 Å². The van der Waals surface area contributed by atoms with Gasteiger partial charge in [0.15, 0.2) is 5.78 Å². The Morgan fingerprint density at radius 1 is 1.00 bits per heavy atom. The summed E-state index contributed by atoms with van der Waals surface area (Å²) in [5, 5.41) is 2.62. The highest BCUT2D eigenvalue weighted by Crippen LogP contribution is 2.29. The molecular weight excluding hydrogens is 396 g/mol. The fourth-order valence-corrected chi connectivity index (χ4v) is 3.43. The quantitative estimate of drug-likeness (QED) is 0.520. The number of Topliss-reactive ketones (excluding diaryl/α,β-unsaturated/α-hetero) is 1. The first-order valence-corrected chi connectivity index (χ1v) is 10.2. The van der Waals surface area contributed by atoms with Gasteiger partial charge in [-0.05, 0) is 43.3 Å². The van der Waals surface area contributed by atoms with E-state index in [9.17, 15) is 18.0 Å². The van der Waals surface area contributed by atoms with Crippen molar-refractivity contribution in [3.63, 3.8) is 0 Å². The third-order valence-electron chi connectivity index (χ3n) is 4.37. The van der Waals surface area contributed by atoms with E-state index < -0.39 is 21.8 Å². The number of sulfonamides is 1. The lowest BCUT2D eigenvalue weighted by Crippen LogP contribution is -2.27. The highest BCUT2D eigenvalue weighted by Gasteiger charge is 2.25. The Bertz CT molecular complexity index is 1000. The summed E-state index contributed by atoms with van der Waals surface area (Å²) in [6, 6.07) is 10.6. The molecule has 0 fully saturated rings. The molecule has 0 aliphatic carbocycles. The molecule has 156 valence electrons. The number of anilines is 1. The van der Waals surface area contributed by atoms with Crippen LogP contribution in [0.25, 0.3) is 0 Å². The van der Waals surface area contributed by atoms with Crippen LogP contribution in [0.15, 0.2) is 47.4 Å². The van der Waals surface area contributed by atoms with Crippen molar-refractivity contribution in [3.8, 4) is 11.5 Å². The Balaban J connectivity index is 2.21. The summed E-state index contributed by atoms with van der Waals surface area (Å²) in [6.45, 7) is 1.50. The van der Waals surface area contributed by atoms with E-state index in [1.165, 1.54) is 53.4 Å². The van der Waals surface area contributed by atoms with Gasteiger partial charge in [-0.15, -0.1) is 0 Å². The molecule has 29 heavy (non-hydrogen) atoms. The zero-order valence-corrected chi connectivity index (χ0v) is 17.7. The maximum Gasteiger partial charge on any atom is 0.242 e. The second-order valence-corrected chi connectivity index (χ2v) is 8.61. The molecule has 2 aromatic carbocycles. The summed E-state index contributed by atoms with van der Waals surface area (Å²) in [7, 11) is 2.08. The fraction of sp³-hybridized carbons (Fsp3) is 0.300. The minimum atomic E-state index is -3.65. The minimum absolute atomic E-state index is 0.0275. The number of carbonyl (C=O) groups excluding carboxylic acids is 2. The van der Waals surface area contributed by atoms with Crippen molar-refractivity contribution in [2.45, 2.75) is 11.8 Å². The predicted octanol–water partition coefficient (Wildman–Crippen LogP) is 2.41. The van der Waals surface area contributed by atoms with Crippen molar-refractivity contribution >= 4 is 27.4 Å². The monoisotopic (exact) mass is 420 g/mol. The van der Waals surface area contributed by atoms with Crippen LogP contribution >= 0.6 is 0 Å². The van der Waals surface area contributed by atoms with Gasteiger partial charge in [0.2, 0.25) is 15.9 Å². The van der Waals surface area contributed by atoms with E-state index in [0.717, 1.165) is 4.31 Å². The number of ether oxygens (including phenoxy) is 2. The number of methoxy groups -OCH3 is 2. The second-order valence-electron chi connectivity index (χ2n) is 6.45. The molecule has 0 spiro atoms. The van der Waals surface area contributed by atoms with Crippen molar-refractivity contribution < 1.29 is 27.5 Å². The standard InChI is InChI=1S/C20H24N2O6S/c1-13(19(23)14-6-8-15(27-4)9-7-14)20(24)21-17-11-10-16(12-18(17)28-5)29(25,26)22(2)3/h6-13H,1-5H3,(H,21,24). The summed E-state index contributed by atoms with van der Waals surface area (Å²) < 4.78 is 35.9. The van der Waals surface area contributed by atoms with Gasteiger partial charge < -0.3 is 14.8 Å². The average Bonchev–Trinajstić information content (AvgIpc) is 2.72. The normalized spacial score (nSPS) is 12.3. The lowest BCUT2D eigenvalue weighted by Gasteiger charge is -2.16. The minimum Gasteiger partial charge on any atom is -0.497 e. The van der Waals surface area contributed by atoms with E-state index in [0.29, 0.717) is 11.3 Å². The molecule has 0 radical (unpaired) electrons. The Hall–Kier alpha value is -2.91. The largest absolute Gasteiger partial charge is 0.497 e. The summed E-state index contributed by atoms with van der Waals surface area (Å²) >= 11 is 0. The molecule has 0 heterocycles. The molecule has 9 heteroatoms. The van der Waals surface area contributed by atoms with Crippen LogP contribution in [0.1, 0.15) is 17.3 Å². The summed E-state index contributed by atoms with van der Waals surface area (Å²) in [6.07, 6.45) is 0. The number of amides is 1. The van der Waals surface area contributed by atoms with Gasteiger partial charge in [-0.25, -0.2) is 12.7 Å². The van der Waals surface area contributed by atoms with Gasteiger partial charge in [0.05, 0.1) is 30.7 Å². The Morgan fingerprint density at radius 2 is 1.62 bits per heavy atom. The number of nitrogens with one attached hydrogen (secondary N) is 1. The zero-order valence-electron chi connectivity index (χ0n) is 16.9. The van der Waals surface area contributed by atoms with E-state index in [-0.39, 0.29) is 22.1 Å². The number of ketones is 1. The third-order valence-corrected chi connectivity index (χ3v) is 6.18. The summed E-state index contributed by atoms with van der Waals surface area (Å²) in [4.78, 5) is 25.2. The van der Waals surface area contributed by atoms with E-state index in [4.69, 9.17) is 9.47 Å². The molecule has 0 aromatic heterocycles. The van der Waals surface area contributed by atoms with Crippen molar-refractivity contribution in [3.05, 3.63) is 48.0 Å². The molecule has 1 N–H and O–H groups in total. The average molecular weight is 420 g/mol. The van der Waals surface area contributed by atoms with Crippen LogP contribution in [0.4, 0.5) is 5.69 Å². The van der Waals surface area contributed by atoms with Crippen LogP contribution in [-0.2, 0) is 14.8 Å². The molecule has 1 amide bonds. The van der Waals surface area contributed by atoms with Crippen LogP contribution in [-0.4, -0.2) is 52.7 Å². The Morgan fingerprint density at radius 3 is 2.14 bits per heavy atom. The summed E-state index contributed by atoms with van der Waals surface area (Å²) in [5.41, 5.74) is 0.650. The molecule has 1 unspecified atom stereocenters. The molecule has 0 bridgehead atoms. The first-order valence-electron chi connectivity index (χ1n) is 8.71. The van der Waals surface area contributed by atoms with Gasteiger partial charge in [-0.3, -0.25) is 9.59 Å². The molecule has 0 saturated carbocycles. The van der Waals surface area contributed by atoms with Gasteiger partial charge in [0.1, 0.15) is 11.5 Å². The first-order chi connectivity index (χ1) is 13.6. The Labute approximate surface area is 170 Å². The van der Waals surface area contributed by atoms with E-state index in [2.05, 4.69) is 5.32 Å². The van der Waals surface area contributed by atoms with Crippen LogP contribution in [0.3, 0.4) is 0 Å². The van der Waals surface area contributed by atoms with E-state index >= 15 is 0 Å². The SMILES string of the molecule is COc1ccc(C(=O)C(C)C(=O)Nc2ccc(S(=O)(=O)N(C)C)cc2OC)cc1. The highest BCUT2D eigenvalue weighted by atomic mass is 32.2. The zero-order chi connectivity index (χ0) is 21.8. The first kappa shape index (κ1) is 22.4. The second kappa shape index (κ2) is 9.06. The molecule has 0 aliphatic heterocycles. The van der Waals surface area contributed by atoms with Gasteiger partial charge in [-0.2, -0.15) is 0 Å². The van der Waals surface area contributed by atoms with E-state index in [1.54, 1.807) is 24.3 Å². The number of benzene rings is 2. The number of carbonyl (C=O) groups is 2. The summed E-state index contributed by atoms with van der Waals surface area (Å²) in [5.74, 6) is -1.07. The maximum absolute atomic E-state index is 12.6. The predicted molar refractivity (Wildman–Crippen MR) is 109 cm³/mol. The van der Waals surface area contributed by atoms with E-state index in [1.807, 2.05) is 0 Å². The lowest BCUT2D eigenvalue weighted by atomic mass is 9.98. The fourth-order valence-electron chi connectivity index (χ4n) is 2.51. The van der Waals surface area contributed by atoms with Gasteiger partial charge in [0, 0.05) is 25.7 Å². The maximum atomic E-state index is 12.6. The smallest absolute Gasteiger partial charge is 0.242 e. The van der Waals surface area contributed by atoms with Gasteiger partial charge in [0.25, 0.3) is 0 Å². The number of nitrogens with zero attached hydrogens (tertiary/aromatic N) is 1. The molecule has 2 aromatic rings. The Kier molecular flexibility index (Phi) is 6.99. The van der Waals surface area contributed by atoms with Gasteiger partial charge in [-0.1, -0.05) is 0 Å². The van der Waals surface area contributed by atoms with Crippen molar-refractivity contribution in [2.75, 3.05) is 33.6 Å². The van der Waals surface area contributed by atoms with Crippen LogP contribution in [0, 0.1) is 5.92 Å². The topological polar surface area (TPSA) is 102 Å². The number of hydrogen-bond acceptors (Lipinski definition) is 6. The van der Waals surface area contributed by atoms with Crippen LogP contribution in [0.2, 0.25) is 0 Å². The van der Waals surface area contributed by atoms with Gasteiger partial charge >= 0.3 is 0 Å². The highest BCUT2D eigenvalue weighted by molar-refractivity contribution is 7.89. The molecule has 0 aliphatic rings. The van der Waals surface area contributed by atoms with Crippen LogP contribution in [0.5, 0.6) is 11.5 Å². The molecular formula is C20H24N2O6S. The van der Waals surface area contributed by atoms with Crippen molar-refractivity contribution in [2.24, 2.45) is 5.92 Å².